The Morgan fingerprint density at radius 2 is 1.85 bits per heavy atom. The second kappa shape index (κ2) is 5.17. The smallest absolute Gasteiger partial charge is 0.116 e. The predicted molar refractivity (Wildman–Crippen MR) is 68.4 cm³/mol. The molecule has 0 amide bonds. The number of nitrogens with zero attached hydrogens (tertiary/aromatic N) is 2. The van der Waals surface area contributed by atoms with Crippen molar-refractivity contribution in [3.8, 4) is 0 Å². The molecule has 0 rings (SSSR count). The third kappa shape index (κ3) is 3.83. The lowest BCUT2D eigenvalue weighted by atomic mass is 9.93. The van der Waals surface area contributed by atoms with Crippen molar-refractivity contribution in [1.82, 2.24) is 4.90 Å². The summed E-state index contributed by atoms with van der Waals surface area (Å²) in [5, 5.41) is 0. The van der Waals surface area contributed by atoms with Crippen LogP contribution >= 0.6 is 22.9 Å². The zero-order valence-electron chi connectivity index (χ0n) is 9.56. The first-order chi connectivity index (χ1) is 5.84. The van der Waals surface area contributed by atoms with Crippen LogP contribution in [-0.4, -0.2) is 23.3 Å². The van der Waals surface area contributed by atoms with Gasteiger partial charge in [-0.05, 0) is 20.8 Å². The molecule has 0 fully saturated rings. The first-order valence-corrected chi connectivity index (χ1v) is 5.77. The first-order valence-electron chi connectivity index (χ1n) is 4.80. The fourth-order valence-corrected chi connectivity index (χ4v) is 2.37. The summed E-state index contributed by atoms with van der Waals surface area (Å²) in [6.07, 6.45) is 0. The molecule has 0 aromatic rings. The van der Waals surface area contributed by atoms with Crippen molar-refractivity contribution in [3.05, 3.63) is 0 Å². The van der Waals surface area contributed by atoms with Gasteiger partial charge < -0.3 is 4.90 Å². The summed E-state index contributed by atoms with van der Waals surface area (Å²) in [7, 11) is 0. The molecule has 0 saturated heterocycles. The summed E-state index contributed by atoms with van der Waals surface area (Å²) in [5.41, 5.74) is 0.140. The van der Waals surface area contributed by atoms with Crippen LogP contribution in [0.25, 0.3) is 0 Å². The van der Waals surface area contributed by atoms with Gasteiger partial charge in [0.2, 0.25) is 0 Å². The van der Waals surface area contributed by atoms with Gasteiger partial charge in [-0.15, -0.1) is 0 Å². The van der Waals surface area contributed by atoms with Crippen molar-refractivity contribution in [1.29, 1.82) is 0 Å². The van der Waals surface area contributed by atoms with Gasteiger partial charge in [-0.2, -0.15) is 0 Å². The van der Waals surface area contributed by atoms with Gasteiger partial charge in [0.1, 0.15) is 5.84 Å². The maximum absolute atomic E-state index is 4.36. The fourth-order valence-electron chi connectivity index (χ4n) is 1.37. The summed E-state index contributed by atoms with van der Waals surface area (Å²) in [6, 6.07) is 0.526. The van der Waals surface area contributed by atoms with E-state index in [9.17, 15) is 0 Å². The van der Waals surface area contributed by atoms with Crippen LogP contribution in [0, 0.1) is 5.41 Å². The average Bonchev–Trinajstić information content (AvgIpc) is 1.96. The Kier molecular flexibility index (Phi) is 5.25. The summed E-state index contributed by atoms with van der Waals surface area (Å²) < 4.78 is 4.36. The Hall–Kier alpha value is 0.200. The number of hydrogen-bond donors (Lipinski definition) is 0. The Morgan fingerprint density at radius 3 is 1.92 bits per heavy atom. The van der Waals surface area contributed by atoms with Crippen LogP contribution < -0.4 is 0 Å². The summed E-state index contributed by atoms with van der Waals surface area (Å²) in [5.74, 6) is 1.19. The summed E-state index contributed by atoms with van der Waals surface area (Å²) in [6.45, 7) is 14.2. The molecule has 13 heavy (non-hydrogen) atoms. The maximum atomic E-state index is 4.36. The van der Waals surface area contributed by atoms with Gasteiger partial charge >= 0.3 is 0 Å². The largest absolute Gasteiger partial charge is 0.357 e. The molecule has 0 aliphatic rings. The van der Waals surface area contributed by atoms with Crippen LogP contribution in [-0.2, 0) is 0 Å². The highest BCUT2D eigenvalue weighted by molar-refractivity contribution is 14.1. The molecule has 0 aromatic heterocycles. The molecule has 0 spiro atoms. The fraction of sp³-hybridized carbons (Fsp3) is 0.900. The van der Waals surface area contributed by atoms with Gasteiger partial charge in [0.25, 0.3) is 0 Å². The van der Waals surface area contributed by atoms with E-state index in [4.69, 9.17) is 0 Å². The summed E-state index contributed by atoms with van der Waals surface area (Å²) >= 11 is 2.09. The molecule has 0 aliphatic heterocycles. The Bertz CT molecular complexity index is 180. The quantitative estimate of drug-likeness (QED) is 0.432. The highest BCUT2D eigenvalue weighted by atomic mass is 127. The SMILES string of the molecule is CCN(/C(=N\I)C(C)(C)C)C(C)C. The standard InChI is InChI=1S/C10H21IN2/c1-7-13(8(2)3)9(12-11)10(4,5)6/h8H,7H2,1-6H3/b12-9-. The van der Waals surface area contributed by atoms with Gasteiger partial charge in [0.15, 0.2) is 0 Å². The zero-order valence-corrected chi connectivity index (χ0v) is 11.7. The lowest BCUT2D eigenvalue weighted by Crippen LogP contribution is -2.43. The highest BCUT2D eigenvalue weighted by Crippen LogP contribution is 2.21. The minimum atomic E-state index is 0.140. The van der Waals surface area contributed by atoms with E-state index in [1.807, 2.05) is 0 Å². The predicted octanol–water partition coefficient (Wildman–Crippen LogP) is 3.51. The van der Waals surface area contributed by atoms with E-state index in [0.29, 0.717) is 6.04 Å². The topological polar surface area (TPSA) is 15.6 Å². The van der Waals surface area contributed by atoms with Crippen LogP contribution in [0.4, 0.5) is 0 Å². The van der Waals surface area contributed by atoms with Gasteiger partial charge in [-0.25, -0.2) is 3.21 Å². The molecule has 0 radical (unpaired) electrons. The number of rotatable bonds is 2. The van der Waals surface area contributed by atoms with E-state index < -0.39 is 0 Å². The lowest BCUT2D eigenvalue weighted by molar-refractivity contribution is 0.329. The van der Waals surface area contributed by atoms with Crippen LogP contribution in [0.3, 0.4) is 0 Å². The van der Waals surface area contributed by atoms with Crippen LogP contribution in [0.5, 0.6) is 0 Å². The van der Waals surface area contributed by atoms with E-state index in [-0.39, 0.29) is 5.41 Å². The normalized spacial score (nSPS) is 13.7. The molecule has 0 N–H and O–H groups in total. The van der Waals surface area contributed by atoms with E-state index in [1.165, 1.54) is 5.84 Å². The van der Waals surface area contributed by atoms with E-state index in [2.05, 4.69) is 72.5 Å². The molecule has 3 heteroatoms. The number of amidine groups is 1. The molecule has 2 nitrogen and oxygen atoms in total. The second-order valence-electron chi connectivity index (χ2n) is 4.54. The molecule has 0 atom stereocenters. The minimum Gasteiger partial charge on any atom is -0.357 e. The van der Waals surface area contributed by atoms with Crippen molar-refractivity contribution in [2.45, 2.75) is 47.6 Å². The average molecular weight is 296 g/mol. The lowest BCUT2D eigenvalue weighted by Gasteiger charge is -2.35. The monoisotopic (exact) mass is 296 g/mol. The van der Waals surface area contributed by atoms with Gasteiger partial charge in [-0.3, -0.25) is 0 Å². The van der Waals surface area contributed by atoms with Crippen molar-refractivity contribution in [3.63, 3.8) is 0 Å². The first kappa shape index (κ1) is 13.2. The highest BCUT2D eigenvalue weighted by Gasteiger charge is 2.25. The van der Waals surface area contributed by atoms with Crippen molar-refractivity contribution in [2.24, 2.45) is 8.62 Å². The molecular weight excluding hydrogens is 275 g/mol. The number of hydrogen-bond acceptors (Lipinski definition) is 1. The molecule has 0 aromatic carbocycles. The van der Waals surface area contributed by atoms with Gasteiger partial charge in [0.05, 0.1) is 22.9 Å². The van der Waals surface area contributed by atoms with E-state index in [0.717, 1.165) is 6.54 Å². The second-order valence-corrected chi connectivity index (χ2v) is 5.02. The van der Waals surface area contributed by atoms with Crippen LogP contribution in [0.15, 0.2) is 3.21 Å². The molecule has 0 bridgehead atoms. The minimum absolute atomic E-state index is 0.140. The van der Waals surface area contributed by atoms with E-state index >= 15 is 0 Å². The maximum Gasteiger partial charge on any atom is 0.116 e. The molecule has 0 heterocycles. The molecule has 0 unspecified atom stereocenters. The Labute approximate surface area is 96.3 Å². The zero-order chi connectivity index (χ0) is 10.6. The van der Waals surface area contributed by atoms with Crippen LogP contribution in [0.2, 0.25) is 0 Å². The van der Waals surface area contributed by atoms with Crippen LogP contribution in [0.1, 0.15) is 41.5 Å². The van der Waals surface area contributed by atoms with Crippen molar-refractivity contribution in [2.75, 3.05) is 6.54 Å². The third-order valence-corrected chi connectivity index (χ3v) is 2.44. The third-order valence-electron chi connectivity index (χ3n) is 1.99. The van der Waals surface area contributed by atoms with Crippen molar-refractivity contribution < 1.29 is 0 Å². The van der Waals surface area contributed by atoms with Crippen molar-refractivity contribution >= 4 is 28.7 Å². The van der Waals surface area contributed by atoms with Gasteiger partial charge in [0, 0.05) is 18.0 Å². The summed E-state index contributed by atoms with van der Waals surface area (Å²) in [4.78, 5) is 2.34. The number of halogens is 1. The molecule has 0 aliphatic carbocycles. The Balaban J connectivity index is 4.77. The molecule has 78 valence electrons. The molecular formula is C10H21IN2. The van der Waals surface area contributed by atoms with E-state index in [1.54, 1.807) is 0 Å². The van der Waals surface area contributed by atoms with Gasteiger partial charge in [-0.1, -0.05) is 20.8 Å². The Morgan fingerprint density at radius 1 is 1.38 bits per heavy atom. The molecule has 0 saturated carbocycles.